The van der Waals surface area contributed by atoms with Crippen LogP contribution in [0.25, 0.3) is 11.0 Å². The number of alkyl halides is 1. The van der Waals surface area contributed by atoms with Crippen molar-refractivity contribution in [2.75, 3.05) is 0 Å². The molecule has 0 N–H and O–H groups in total. The van der Waals surface area contributed by atoms with Gasteiger partial charge in [-0.05, 0) is 24.6 Å². The van der Waals surface area contributed by atoms with Crippen LogP contribution in [0.2, 0.25) is 0 Å². The number of halogens is 1. The first-order valence-electron chi connectivity index (χ1n) is 6.25. The summed E-state index contributed by atoms with van der Waals surface area (Å²) in [6.45, 7) is 3.10. The molecule has 0 atom stereocenters. The van der Waals surface area contributed by atoms with Crippen LogP contribution in [0.5, 0.6) is 0 Å². The van der Waals surface area contributed by atoms with Crippen molar-refractivity contribution < 1.29 is 0 Å². The molecule has 0 fully saturated rings. The summed E-state index contributed by atoms with van der Waals surface area (Å²) in [5.74, 6) is 1.29. The Labute approximate surface area is 112 Å². The van der Waals surface area contributed by atoms with Crippen molar-refractivity contribution >= 4 is 22.6 Å². The lowest BCUT2D eigenvalue weighted by atomic mass is 10.2. The Balaban J connectivity index is 2.42. The number of rotatable bonds is 5. The van der Waals surface area contributed by atoms with Gasteiger partial charge in [-0.2, -0.15) is 5.26 Å². The molecule has 0 aliphatic carbocycles. The van der Waals surface area contributed by atoms with Gasteiger partial charge in [0, 0.05) is 6.54 Å². The number of aryl methyl sites for hydroxylation is 1. The van der Waals surface area contributed by atoms with Crippen molar-refractivity contribution in [3.8, 4) is 6.07 Å². The van der Waals surface area contributed by atoms with Crippen molar-refractivity contribution in [1.82, 2.24) is 9.55 Å². The van der Waals surface area contributed by atoms with Gasteiger partial charge in [-0.1, -0.05) is 19.8 Å². The van der Waals surface area contributed by atoms with E-state index in [1.165, 1.54) is 12.8 Å². The van der Waals surface area contributed by atoms with Gasteiger partial charge in [0.05, 0.1) is 28.5 Å². The summed E-state index contributed by atoms with van der Waals surface area (Å²) in [5.41, 5.74) is 2.60. The Morgan fingerprint density at radius 3 is 2.89 bits per heavy atom. The van der Waals surface area contributed by atoms with Gasteiger partial charge in [-0.3, -0.25) is 0 Å². The fraction of sp³-hybridized carbons (Fsp3) is 0.429. The summed E-state index contributed by atoms with van der Waals surface area (Å²) >= 11 is 5.94. The number of hydrogen-bond donors (Lipinski definition) is 0. The smallest absolute Gasteiger partial charge is 0.124 e. The highest BCUT2D eigenvalue weighted by Crippen LogP contribution is 2.20. The number of imidazole rings is 1. The third kappa shape index (κ3) is 2.49. The van der Waals surface area contributed by atoms with Gasteiger partial charge >= 0.3 is 0 Å². The molecule has 0 aliphatic rings. The number of aromatic nitrogens is 2. The lowest BCUT2D eigenvalue weighted by molar-refractivity contribution is 0.600. The molecule has 0 aliphatic heterocycles. The molecule has 3 nitrogen and oxygen atoms in total. The largest absolute Gasteiger partial charge is 0.327 e. The predicted octanol–water partition coefficient (Wildman–Crippen LogP) is 3.84. The number of nitrogens with zero attached hydrogens (tertiary/aromatic N) is 3. The van der Waals surface area contributed by atoms with Gasteiger partial charge in [0.25, 0.3) is 0 Å². The van der Waals surface area contributed by atoms with Crippen LogP contribution in [0.15, 0.2) is 18.2 Å². The highest BCUT2D eigenvalue weighted by Gasteiger charge is 2.10. The number of fused-ring (bicyclic) bond motifs is 1. The SMILES string of the molecule is CCCCCn1c(CCl)nc2ccc(C#N)cc21. The predicted molar refractivity (Wildman–Crippen MR) is 73.5 cm³/mol. The highest BCUT2D eigenvalue weighted by atomic mass is 35.5. The molecule has 0 saturated carbocycles. The van der Waals surface area contributed by atoms with E-state index in [1.54, 1.807) is 6.07 Å². The van der Waals surface area contributed by atoms with Crippen LogP contribution in [0.4, 0.5) is 0 Å². The first-order chi connectivity index (χ1) is 8.80. The van der Waals surface area contributed by atoms with Crippen molar-refractivity contribution in [3.63, 3.8) is 0 Å². The van der Waals surface area contributed by atoms with Crippen LogP contribution in [0, 0.1) is 11.3 Å². The van der Waals surface area contributed by atoms with Crippen LogP contribution in [-0.4, -0.2) is 9.55 Å². The summed E-state index contributed by atoms with van der Waals surface area (Å²) in [6.07, 6.45) is 3.49. The minimum atomic E-state index is 0.405. The lowest BCUT2D eigenvalue weighted by Gasteiger charge is -2.07. The van der Waals surface area contributed by atoms with E-state index in [9.17, 15) is 0 Å². The Kier molecular flexibility index (Phi) is 4.22. The minimum absolute atomic E-state index is 0.405. The fourth-order valence-corrected chi connectivity index (χ4v) is 2.32. The van der Waals surface area contributed by atoms with Crippen LogP contribution in [0.1, 0.15) is 37.6 Å². The van der Waals surface area contributed by atoms with E-state index in [1.807, 2.05) is 12.1 Å². The maximum Gasteiger partial charge on any atom is 0.124 e. The first kappa shape index (κ1) is 12.9. The molecule has 0 saturated heterocycles. The summed E-state index contributed by atoms with van der Waals surface area (Å²) in [5, 5.41) is 8.96. The molecule has 0 spiro atoms. The van der Waals surface area contributed by atoms with E-state index in [0.717, 1.165) is 29.8 Å². The molecule has 1 heterocycles. The molecular weight excluding hydrogens is 246 g/mol. The summed E-state index contributed by atoms with van der Waals surface area (Å²) in [4.78, 5) is 4.51. The van der Waals surface area contributed by atoms with E-state index in [-0.39, 0.29) is 0 Å². The first-order valence-corrected chi connectivity index (χ1v) is 6.78. The molecule has 0 bridgehead atoms. The summed E-state index contributed by atoms with van der Waals surface area (Å²) < 4.78 is 2.14. The maximum absolute atomic E-state index is 8.96. The Hall–Kier alpha value is -1.53. The molecule has 4 heteroatoms. The molecule has 2 aromatic rings. The van der Waals surface area contributed by atoms with Gasteiger partial charge in [0.15, 0.2) is 0 Å². The quantitative estimate of drug-likeness (QED) is 0.606. The number of unbranched alkanes of at least 4 members (excludes halogenated alkanes) is 2. The second-order valence-corrected chi connectivity index (χ2v) is 4.60. The summed E-state index contributed by atoms with van der Waals surface area (Å²) in [7, 11) is 0. The monoisotopic (exact) mass is 261 g/mol. The zero-order valence-electron chi connectivity index (χ0n) is 10.5. The van der Waals surface area contributed by atoms with Crippen LogP contribution < -0.4 is 0 Å². The van der Waals surface area contributed by atoms with Crippen LogP contribution in [-0.2, 0) is 12.4 Å². The van der Waals surface area contributed by atoms with Gasteiger partial charge in [-0.25, -0.2) is 4.98 Å². The van der Waals surface area contributed by atoms with E-state index in [4.69, 9.17) is 16.9 Å². The number of benzene rings is 1. The molecule has 2 rings (SSSR count). The molecule has 94 valence electrons. The zero-order chi connectivity index (χ0) is 13.0. The van der Waals surface area contributed by atoms with Crippen molar-refractivity contribution in [2.45, 2.75) is 38.6 Å². The van der Waals surface area contributed by atoms with Crippen molar-refractivity contribution in [1.29, 1.82) is 5.26 Å². The average molecular weight is 262 g/mol. The Morgan fingerprint density at radius 1 is 1.39 bits per heavy atom. The van der Waals surface area contributed by atoms with E-state index < -0.39 is 0 Å². The van der Waals surface area contributed by atoms with Crippen LogP contribution in [0.3, 0.4) is 0 Å². The molecule has 18 heavy (non-hydrogen) atoms. The molecule has 1 aromatic carbocycles. The fourth-order valence-electron chi connectivity index (χ4n) is 2.11. The zero-order valence-corrected chi connectivity index (χ0v) is 11.2. The third-order valence-electron chi connectivity index (χ3n) is 3.06. The van der Waals surface area contributed by atoms with E-state index in [2.05, 4.69) is 22.5 Å². The van der Waals surface area contributed by atoms with Crippen molar-refractivity contribution in [3.05, 3.63) is 29.6 Å². The lowest BCUT2D eigenvalue weighted by Crippen LogP contribution is -2.02. The minimum Gasteiger partial charge on any atom is -0.327 e. The van der Waals surface area contributed by atoms with Gasteiger partial charge in [-0.15, -0.1) is 11.6 Å². The normalized spacial score (nSPS) is 10.7. The second-order valence-electron chi connectivity index (χ2n) is 4.34. The molecule has 0 unspecified atom stereocenters. The Bertz CT molecular complexity index is 580. The summed E-state index contributed by atoms with van der Waals surface area (Å²) in [6, 6.07) is 7.74. The Morgan fingerprint density at radius 2 is 2.22 bits per heavy atom. The van der Waals surface area contributed by atoms with Crippen LogP contribution >= 0.6 is 11.6 Å². The third-order valence-corrected chi connectivity index (χ3v) is 3.30. The van der Waals surface area contributed by atoms with Gasteiger partial charge in [0.1, 0.15) is 5.82 Å². The van der Waals surface area contributed by atoms with E-state index >= 15 is 0 Å². The topological polar surface area (TPSA) is 41.6 Å². The molecule has 0 radical (unpaired) electrons. The second kappa shape index (κ2) is 5.88. The molecular formula is C14H16ClN3. The highest BCUT2D eigenvalue weighted by molar-refractivity contribution is 6.16. The van der Waals surface area contributed by atoms with Crippen molar-refractivity contribution in [2.24, 2.45) is 0 Å². The standard InChI is InChI=1S/C14H16ClN3/c1-2-3-4-7-18-13-8-11(10-16)5-6-12(13)17-14(18)9-15/h5-6,8H,2-4,7,9H2,1H3. The number of hydrogen-bond acceptors (Lipinski definition) is 2. The molecule has 0 amide bonds. The van der Waals surface area contributed by atoms with Gasteiger partial charge < -0.3 is 4.57 Å². The number of nitriles is 1. The maximum atomic E-state index is 8.96. The average Bonchev–Trinajstić information content (AvgIpc) is 2.76. The molecule has 1 aromatic heterocycles. The van der Waals surface area contributed by atoms with Gasteiger partial charge in [0.2, 0.25) is 0 Å². The van der Waals surface area contributed by atoms with E-state index in [0.29, 0.717) is 11.4 Å².